The fourth-order valence-corrected chi connectivity index (χ4v) is 1.28. The second-order valence-electron chi connectivity index (χ2n) is 3.69. The van der Waals surface area contributed by atoms with Crippen molar-refractivity contribution in [2.45, 2.75) is 52.6 Å². The molecular weight excluding hydrogens is 176 g/mol. The van der Waals surface area contributed by atoms with Crippen LogP contribution in [0.3, 0.4) is 0 Å². The molecule has 4 nitrogen and oxygen atoms in total. The highest BCUT2D eigenvalue weighted by atomic mass is 15.2. The molecule has 2 N–H and O–H groups in total. The highest BCUT2D eigenvalue weighted by Crippen LogP contribution is 2.08. The molecule has 0 saturated carbocycles. The SMILES string of the molecule is CCc1nc(C(C)NC(C)CC)n[nH]1. The van der Waals surface area contributed by atoms with Gasteiger partial charge in [0.15, 0.2) is 5.82 Å². The summed E-state index contributed by atoms with van der Waals surface area (Å²) < 4.78 is 0. The van der Waals surface area contributed by atoms with Gasteiger partial charge >= 0.3 is 0 Å². The molecule has 1 aromatic heterocycles. The summed E-state index contributed by atoms with van der Waals surface area (Å²) in [6.07, 6.45) is 2.03. The molecule has 80 valence electrons. The summed E-state index contributed by atoms with van der Waals surface area (Å²) in [5, 5.41) is 10.5. The number of aromatic amines is 1. The van der Waals surface area contributed by atoms with E-state index in [0.717, 1.165) is 24.5 Å². The number of aryl methyl sites for hydroxylation is 1. The summed E-state index contributed by atoms with van der Waals surface area (Å²) >= 11 is 0. The van der Waals surface area contributed by atoms with Crippen molar-refractivity contribution in [1.82, 2.24) is 20.5 Å². The van der Waals surface area contributed by atoms with Crippen molar-refractivity contribution in [1.29, 1.82) is 0 Å². The van der Waals surface area contributed by atoms with E-state index < -0.39 is 0 Å². The largest absolute Gasteiger partial charge is 0.305 e. The number of H-pyrrole nitrogens is 1. The van der Waals surface area contributed by atoms with Gasteiger partial charge in [0.25, 0.3) is 0 Å². The van der Waals surface area contributed by atoms with Crippen molar-refractivity contribution in [3.8, 4) is 0 Å². The third kappa shape index (κ3) is 2.80. The van der Waals surface area contributed by atoms with Crippen LogP contribution in [0.25, 0.3) is 0 Å². The average molecular weight is 196 g/mol. The zero-order chi connectivity index (χ0) is 10.6. The lowest BCUT2D eigenvalue weighted by Crippen LogP contribution is -2.28. The Labute approximate surface area is 85.5 Å². The van der Waals surface area contributed by atoms with Crippen LogP contribution in [0.4, 0.5) is 0 Å². The summed E-state index contributed by atoms with van der Waals surface area (Å²) in [4.78, 5) is 4.39. The Morgan fingerprint density at radius 2 is 2.07 bits per heavy atom. The van der Waals surface area contributed by atoms with Crippen LogP contribution in [0, 0.1) is 0 Å². The lowest BCUT2D eigenvalue weighted by atomic mass is 10.2. The lowest BCUT2D eigenvalue weighted by molar-refractivity contribution is 0.455. The van der Waals surface area contributed by atoms with Gasteiger partial charge in [0.2, 0.25) is 0 Å². The van der Waals surface area contributed by atoms with E-state index in [0.29, 0.717) is 6.04 Å². The normalized spacial score (nSPS) is 15.4. The van der Waals surface area contributed by atoms with Crippen LogP contribution in [0.15, 0.2) is 0 Å². The standard InChI is InChI=1S/C10H20N4/c1-5-7(3)11-8(4)10-12-9(6-2)13-14-10/h7-8,11H,5-6H2,1-4H3,(H,12,13,14). The topological polar surface area (TPSA) is 53.6 Å². The molecule has 4 heteroatoms. The van der Waals surface area contributed by atoms with E-state index >= 15 is 0 Å². The van der Waals surface area contributed by atoms with E-state index in [1.807, 2.05) is 0 Å². The Hall–Kier alpha value is -0.900. The molecule has 1 heterocycles. The summed E-state index contributed by atoms with van der Waals surface area (Å²) in [6, 6.07) is 0.732. The number of nitrogens with zero attached hydrogens (tertiary/aromatic N) is 2. The van der Waals surface area contributed by atoms with Crippen molar-refractivity contribution in [3.05, 3.63) is 11.6 Å². The van der Waals surface area contributed by atoms with Crippen LogP contribution < -0.4 is 5.32 Å². The van der Waals surface area contributed by atoms with Gasteiger partial charge < -0.3 is 5.32 Å². The molecule has 0 saturated heterocycles. The molecule has 0 aromatic carbocycles. The zero-order valence-electron chi connectivity index (χ0n) is 9.46. The average Bonchev–Trinajstić information content (AvgIpc) is 2.65. The summed E-state index contributed by atoms with van der Waals surface area (Å²) in [5.41, 5.74) is 0. The van der Waals surface area contributed by atoms with Crippen molar-refractivity contribution < 1.29 is 0 Å². The van der Waals surface area contributed by atoms with E-state index in [1.54, 1.807) is 0 Å². The monoisotopic (exact) mass is 196 g/mol. The quantitative estimate of drug-likeness (QED) is 0.755. The van der Waals surface area contributed by atoms with E-state index in [9.17, 15) is 0 Å². The maximum Gasteiger partial charge on any atom is 0.167 e. The molecule has 0 fully saturated rings. The van der Waals surface area contributed by atoms with Crippen LogP contribution >= 0.6 is 0 Å². The summed E-state index contributed by atoms with van der Waals surface area (Å²) in [5.74, 6) is 1.82. The highest BCUT2D eigenvalue weighted by molar-refractivity contribution is 4.95. The third-order valence-corrected chi connectivity index (χ3v) is 2.42. The fraction of sp³-hybridized carbons (Fsp3) is 0.800. The van der Waals surface area contributed by atoms with Gasteiger partial charge in [-0.3, -0.25) is 5.10 Å². The Bertz CT molecular complexity index is 269. The van der Waals surface area contributed by atoms with Crippen molar-refractivity contribution >= 4 is 0 Å². The molecule has 0 aliphatic carbocycles. The fourth-order valence-electron chi connectivity index (χ4n) is 1.28. The maximum atomic E-state index is 4.39. The molecule has 1 rings (SSSR count). The third-order valence-electron chi connectivity index (χ3n) is 2.42. The van der Waals surface area contributed by atoms with Gasteiger partial charge in [-0.15, -0.1) is 0 Å². The highest BCUT2D eigenvalue weighted by Gasteiger charge is 2.12. The first-order chi connectivity index (χ1) is 6.67. The smallest absolute Gasteiger partial charge is 0.167 e. The van der Waals surface area contributed by atoms with Gasteiger partial charge in [-0.1, -0.05) is 13.8 Å². The van der Waals surface area contributed by atoms with Gasteiger partial charge in [0.1, 0.15) is 5.82 Å². The minimum Gasteiger partial charge on any atom is -0.305 e. The van der Waals surface area contributed by atoms with Crippen molar-refractivity contribution in [3.63, 3.8) is 0 Å². The second-order valence-corrected chi connectivity index (χ2v) is 3.69. The Balaban J connectivity index is 2.55. The predicted molar refractivity (Wildman–Crippen MR) is 57.1 cm³/mol. The van der Waals surface area contributed by atoms with Crippen LogP contribution in [0.5, 0.6) is 0 Å². The van der Waals surface area contributed by atoms with Crippen LogP contribution in [-0.4, -0.2) is 21.2 Å². The van der Waals surface area contributed by atoms with E-state index in [-0.39, 0.29) is 6.04 Å². The summed E-state index contributed by atoms with van der Waals surface area (Å²) in [6.45, 7) is 8.50. The molecule has 1 aromatic rings. The number of hydrogen-bond donors (Lipinski definition) is 2. The van der Waals surface area contributed by atoms with Crippen molar-refractivity contribution in [2.24, 2.45) is 0 Å². The van der Waals surface area contributed by atoms with Gasteiger partial charge in [0, 0.05) is 12.5 Å². The molecular formula is C10H20N4. The lowest BCUT2D eigenvalue weighted by Gasteiger charge is -2.15. The first-order valence-electron chi connectivity index (χ1n) is 5.34. The minimum atomic E-state index is 0.224. The Morgan fingerprint density at radius 1 is 1.36 bits per heavy atom. The van der Waals surface area contributed by atoms with Gasteiger partial charge in [0.05, 0.1) is 6.04 Å². The Morgan fingerprint density at radius 3 is 2.57 bits per heavy atom. The van der Waals surface area contributed by atoms with E-state index in [1.165, 1.54) is 0 Å². The van der Waals surface area contributed by atoms with E-state index in [4.69, 9.17) is 0 Å². The van der Waals surface area contributed by atoms with Gasteiger partial charge in [-0.05, 0) is 20.3 Å². The first kappa shape index (κ1) is 11.2. The second kappa shape index (κ2) is 5.10. The predicted octanol–water partition coefficient (Wildman–Crippen LogP) is 1.82. The molecule has 2 unspecified atom stereocenters. The number of nitrogens with one attached hydrogen (secondary N) is 2. The minimum absolute atomic E-state index is 0.224. The number of rotatable bonds is 5. The first-order valence-corrected chi connectivity index (χ1v) is 5.34. The molecule has 0 aliphatic rings. The maximum absolute atomic E-state index is 4.39. The van der Waals surface area contributed by atoms with E-state index in [2.05, 4.69) is 48.2 Å². The number of aromatic nitrogens is 3. The van der Waals surface area contributed by atoms with Crippen LogP contribution in [0.1, 0.15) is 51.8 Å². The van der Waals surface area contributed by atoms with Gasteiger partial charge in [-0.2, -0.15) is 5.10 Å². The van der Waals surface area contributed by atoms with Crippen LogP contribution in [-0.2, 0) is 6.42 Å². The molecule has 14 heavy (non-hydrogen) atoms. The number of hydrogen-bond acceptors (Lipinski definition) is 3. The van der Waals surface area contributed by atoms with Crippen LogP contribution in [0.2, 0.25) is 0 Å². The molecule has 0 amide bonds. The molecule has 2 atom stereocenters. The van der Waals surface area contributed by atoms with Gasteiger partial charge in [-0.25, -0.2) is 4.98 Å². The Kier molecular flexibility index (Phi) is 4.07. The molecule has 0 radical (unpaired) electrons. The molecule has 0 aliphatic heterocycles. The molecule has 0 bridgehead atoms. The van der Waals surface area contributed by atoms with Crippen molar-refractivity contribution in [2.75, 3.05) is 0 Å². The zero-order valence-corrected chi connectivity index (χ0v) is 9.46. The molecule has 0 spiro atoms. The summed E-state index contributed by atoms with van der Waals surface area (Å²) in [7, 11) is 0.